The van der Waals surface area contributed by atoms with Crippen molar-refractivity contribution in [2.45, 2.75) is 0 Å². The Labute approximate surface area is 88.2 Å². The van der Waals surface area contributed by atoms with Crippen molar-refractivity contribution >= 4 is 22.6 Å². The highest BCUT2D eigenvalue weighted by Crippen LogP contribution is 2.35. The molecule has 0 spiro atoms. The van der Waals surface area contributed by atoms with E-state index in [0.717, 1.165) is 12.1 Å². The Morgan fingerprint density at radius 3 is 2.75 bits per heavy atom. The maximum atomic E-state index is 10.8. The molecular weight excluding hydrogens is 216 g/mol. The van der Waals surface area contributed by atoms with Crippen LogP contribution in [0, 0.1) is 10.1 Å². The van der Waals surface area contributed by atoms with Crippen LogP contribution < -0.4 is 5.73 Å². The number of rotatable bonds is 2. The van der Waals surface area contributed by atoms with Gasteiger partial charge in [0.25, 0.3) is 5.91 Å². The van der Waals surface area contributed by atoms with Crippen LogP contribution in [-0.4, -0.2) is 15.9 Å². The fourth-order valence-corrected chi connectivity index (χ4v) is 1.40. The van der Waals surface area contributed by atoms with Crippen LogP contribution in [0.25, 0.3) is 11.0 Å². The van der Waals surface area contributed by atoms with E-state index in [-0.39, 0.29) is 16.7 Å². The van der Waals surface area contributed by atoms with Crippen LogP contribution in [0.15, 0.2) is 22.6 Å². The summed E-state index contributed by atoms with van der Waals surface area (Å²) < 4.78 is 4.99. The Hall–Kier alpha value is -2.57. The molecule has 0 unspecified atom stereocenters. The molecule has 0 saturated heterocycles. The van der Waals surface area contributed by atoms with Gasteiger partial charge < -0.3 is 15.3 Å². The minimum absolute atomic E-state index is 0.0406. The largest absolute Gasteiger partial charge is 0.502 e. The number of hydrogen-bond donors (Lipinski definition) is 2. The molecule has 2 rings (SSSR count). The highest BCUT2D eigenvalue weighted by atomic mass is 16.6. The van der Waals surface area contributed by atoms with Crippen LogP contribution in [-0.2, 0) is 0 Å². The second kappa shape index (κ2) is 3.23. The molecule has 0 radical (unpaired) electrons. The molecule has 0 aliphatic rings. The molecular formula is C9H6N2O5. The second-order valence-electron chi connectivity index (χ2n) is 3.08. The van der Waals surface area contributed by atoms with Crippen molar-refractivity contribution in [3.05, 3.63) is 34.1 Å². The molecule has 3 N–H and O–H groups in total. The topological polar surface area (TPSA) is 120 Å². The average molecular weight is 222 g/mol. The van der Waals surface area contributed by atoms with Crippen LogP contribution in [0.2, 0.25) is 0 Å². The maximum Gasteiger partial charge on any atom is 0.321 e. The predicted octanol–water partition coefficient (Wildman–Crippen LogP) is 1.15. The van der Waals surface area contributed by atoms with Gasteiger partial charge in [-0.3, -0.25) is 14.9 Å². The van der Waals surface area contributed by atoms with Gasteiger partial charge in [0.1, 0.15) is 11.0 Å². The Morgan fingerprint density at radius 2 is 2.19 bits per heavy atom. The van der Waals surface area contributed by atoms with Gasteiger partial charge >= 0.3 is 5.69 Å². The number of fused-ring (bicyclic) bond motifs is 1. The first kappa shape index (κ1) is 9.97. The number of carbonyl (C=O) groups is 1. The van der Waals surface area contributed by atoms with Gasteiger partial charge in [-0.25, -0.2) is 0 Å². The second-order valence-corrected chi connectivity index (χ2v) is 3.08. The Bertz CT molecular complexity index is 601. The van der Waals surface area contributed by atoms with Crippen LogP contribution in [0.4, 0.5) is 5.69 Å². The molecule has 1 heterocycles. The molecule has 1 aromatic heterocycles. The van der Waals surface area contributed by atoms with Crippen molar-refractivity contribution in [3.63, 3.8) is 0 Å². The van der Waals surface area contributed by atoms with E-state index in [1.54, 1.807) is 0 Å². The minimum Gasteiger partial charge on any atom is -0.502 e. The van der Waals surface area contributed by atoms with E-state index in [0.29, 0.717) is 0 Å². The number of amides is 1. The molecule has 0 bridgehead atoms. The van der Waals surface area contributed by atoms with Crippen molar-refractivity contribution in [3.8, 4) is 5.75 Å². The van der Waals surface area contributed by atoms with Gasteiger partial charge in [0.15, 0.2) is 11.5 Å². The van der Waals surface area contributed by atoms with E-state index in [1.807, 2.05) is 0 Å². The van der Waals surface area contributed by atoms with Crippen molar-refractivity contribution < 1.29 is 19.2 Å². The van der Waals surface area contributed by atoms with Crippen LogP contribution >= 0.6 is 0 Å². The number of benzene rings is 1. The monoisotopic (exact) mass is 222 g/mol. The summed E-state index contributed by atoms with van der Waals surface area (Å²) in [5.74, 6) is -1.51. The number of hydrogen-bond acceptors (Lipinski definition) is 5. The summed E-state index contributed by atoms with van der Waals surface area (Å²) in [7, 11) is 0. The van der Waals surface area contributed by atoms with Crippen molar-refractivity contribution in [1.29, 1.82) is 0 Å². The summed E-state index contributed by atoms with van der Waals surface area (Å²) >= 11 is 0. The van der Waals surface area contributed by atoms with E-state index in [9.17, 15) is 20.0 Å². The number of nitrogens with two attached hydrogens (primary N) is 1. The normalized spacial score (nSPS) is 10.5. The van der Waals surface area contributed by atoms with Crippen LogP contribution in [0.3, 0.4) is 0 Å². The fourth-order valence-electron chi connectivity index (χ4n) is 1.40. The fraction of sp³-hybridized carbons (Fsp3) is 0. The third-order valence-corrected chi connectivity index (χ3v) is 2.08. The number of phenolic OH excluding ortho intramolecular Hbond substituents is 1. The molecule has 0 aliphatic carbocycles. The van der Waals surface area contributed by atoms with Crippen molar-refractivity contribution in [2.24, 2.45) is 5.73 Å². The van der Waals surface area contributed by atoms with Gasteiger partial charge in [-0.1, -0.05) is 0 Å². The summed E-state index contributed by atoms with van der Waals surface area (Å²) in [6, 6.07) is 3.58. The maximum absolute atomic E-state index is 10.8. The standard InChI is InChI=1S/C9H6N2O5/c10-9(13)7-3-4-6(16-7)2-1-5(12)8(4)11(14)15/h1-3,12H,(H2,10,13). The lowest BCUT2D eigenvalue weighted by molar-refractivity contribution is -0.384. The summed E-state index contributed by atoms with van der Waals surface area (Å²) in [6.45, 7) is 0. The van der Waals surface area contributed by atoms with E-state index < -0.39 is 22.3 Å². The highest BCUT2D eigenvalue weighted by molar-refractivity contribution is 5.98. The predicted molar refractivity (Wildman–Crippen MR) is 53.1 cm³/mol. The highest BCUT2D eigenvalue weighted by Gasteiger charge is 2.22. The van der Waals surface area contributed by atoms with E-state index in [1.165, 1.54) is 6.07 Å². The lowest BCUT2D eigenvalue weighted by Gasteiger charge is -1.95. The molecule has 0 atom stereocenters. The molecule has 82 valence electrons. The van der Waals surface area contributed by atoms with Crippen LogP contribution in [0.5, 0.6) is 5.75 Å². The average Bonchev–Trinajstić information content (AvgIpc) is 2.60. The third-order valence-electron chi connectivity index (χ3n) is 2.08. The summed E-state index contributed by atoms with van der Waals surface area (Å²) in [5.41, 5.74) is 4.59. The molecule has 1 aromatic carbocycles. The van der Waals surface area contributed by atoms with Crippen molar-refractivity contribution in [2.75, 3.05) is 0 Å². The quantitative estimate of drug-likeness (QED) is 0.583. The van der Waals surface area contributed by atoms with Gasteiger partial charge in [0, 0.05) is 6.07 Å². The molecule has 7 heteroatoms. The van der Waals surface area contributed by atoms with Gasteiger partial charge in [-0.05, 0) is 12.1 Å². The number of carbonyl (C=O) groups excluding carboxylic acids is 1. The molecule has 16 heavy (non-hydrogen) atoms. The Balaban J connectivity index is 2.82. The number of nitro benzene ring substituents is 1. The number of nitrogens with zero attached hydrogens (tertiary/aromatic N) is 1. The Kier molecular flexibility index (Phi) is 2.01. The molecule has 1 amide bonds. The first-order valence-electron chi connectivity index (χ1n) is 4.20. The first-order chi connectivity index (χ1) is 7.50. The van der Waals surface area contributed by atoms with Crippen molar-refractivity contribution in [1.82, 2.24) is 0 Å². The lowest BCUT2D eigenvalue weighted by Crippen LogP contribution is -2.08. The minimum atomic E-state index is -0.829. The smallest absolute Gasteiger partial charge is 0.321 e. The molecule has 7 nitrogen and oxygen atoms in total. The number of aromatic hydroxyl groups is 1. The number of furan rings is 1. The van der Waals surface area contributed by atoms with E-state index in [2.05, 4.69) is 0 Å². The SMILES string of the molecule is NC(=O)c1cc2c([N+](=O)[O-])c(O)ccc2o1. The molecule has 2 aromatic rings. The number of nitro groups is 1. The zero-order valence-electron chi connectivity index (χ0n) is 7.84. The lowest BCUT2D eigenvalue weighted by atomic mass is 10.2. The summed E-state index contributed by atoms with van der Waals surface area (Å²) in [5, 5.41) is 20.1. The van der Waals surface area contributed by atoms with Gasteiger partial charge in [-0.2, -0.15) is 0 Å². The number of phenols is 1. The summed E-state index contributed by atoms with van der Waals surface area (Å²) in [6.07, 6.45) is 0. The first-order valence-corrected chi connectivity index (χ1v) is 4.20. The summed E-state index contributed by atoms with van der Waals surface area (Å²) in [4.78, 5) is 20.8. The zero-order chi connectivity index (χ0) is 11.9. The van der Waals surface area contributed by atoms with Gasteiger partial charge in [0.05, 0.1) is 4.92 Å². The van der Waals surface area contributed by atoms with E-state index >= 15 is 0 Å². The molecule has 0 saturated carbocycles. The van der Waals surface area contributed by atoms with E-state index in [4.69, 9.17) is 10.2 Å². The van der Waals surface area contributed by atoms with Crippen LogP contribution in [0.1, 0.15) is 10.6 Å². The number of primary amides is 1. The molecule has 0 aliphatic heterocycles. The third kappa shape index (κ3) is 1.34. The Morgan fingerprint density at radius 1 is 1.50 bits per heavy atom. The van der Waals surface area contributed by atoms with Gasteiger partial charge in [0.2, 0.25) is 0 Å². The zero-order valence-corrected chi connectivity index (χ0v) is 7.84. The molecule has 0 fully saturated rings. The van der Waals surface area contributed by atoms with Gasteiger partial charge in [-0.15, -0.1) is 0 Å².